The van der Waals surface area contributed by atoms with E-state index in [0.717, 1.165) is 42.0 Å². The van der Waals surface area contributed by atoms with Gasteiger partial charge < -0.3 is 10.0 Å². The summed E-state index contributed by atoms with van der Waals surface area (Å²) in [5.41, 5.74) is 4.35. The van der Waals surface area contributed by atoms with Crippen LogP contribution in [0, 0.1) is 0 Å². The average molecular weight is 453 g/mol. The summed E-state index contributed by atoms with van der Waals surface area (Å²) < 4.78 is 27.9. The summed E-state index contributed by atoms with van der Waals surface area (Å²) in [6.45, 7) is 4.90. The highest BCUT2D eigenvalue weighted by atomic mass is 35.5. The fourth-order valence-corrected chi connectivity index (χ4v) is 5.42. The molecule has 4 rings (SSSR count). The van der Waals surface area contributed by atoms with Gasteiger partial charge in [0, 0.05) is 47.9 Å². The molecular formula is C21H29ClN4O3S. The SMILES string of the molecule is CS(=O)(=O)N1CCc2c(c(-c3ccc(Cl)c(CO)c3)nn2CCCN2CCCC2)C1. The molecule has 2 aromatic rings. The molecule has 2 aliphatic heterocycles. The predicted octanol–water partition coefficient (Wildman–Crippen LogP) is 2.50. The van der Waals surface area contributed by atoms with Gasteiger partial charge in [0.05, 0.1) is 18.6 Å². The number of aliphatic hydroxyl groups excluding tert-OH is 1. The molecule has 2 aliphatic rings. The summed E-state index contributed by atoms with van der Waals surface area (Å²) in [6, 6.07) is 5.50. The maximum absolute atomic E-state index is 12.2. The largest absolute Gasteiger partial charge is 0.392 e. The van der Waals surface area contributed by atoms with Gasteiger partial charge >= 0.3 is 0 Å². The van der Waals surface area contributed by atoms with E-state index in [4.69, 9.17) is 16.7 Å². The Morgan fingerprint density at radius 2 is 1.93 bits per heavy atom. The minimum atomic E-state index is -3.28. The van der Waals surface area contributed by atoms with E-state index in [1.54, 1.807) is 6.07 Å². The van der Waals surface area contributed by atoms with E-state index in [0.29, 0.717) is 30.1 Å². The van der Waals surface area contributed by atoms with Gasteiger partial charge in [-0.1, -0.05) is 17.7 Å². The summed E-state index contributed by atoms with van der Waals surface area (Å²) in [4.78, 5) is 2.50. The van der Waals surface area contributed by atoms with Gasteiger partial charge in [-0.3, -0.25) is 4.68 Å². The number of hydrogen-bond acceptors (Lipinski definition) is 5. The first kappa shape index (κ1) is 21.8. The summed E-state index contributed by atoms with van der Waals surface area (Å²) in [6.07, 6.45) is 5.49. The minimum absolute atomic E-state index is 0.152. The fourth-order valence-electron chi connectivity index (χ4n) is 4.46. The first-order chi connectivity index (χ1) is 14.4. The van der Waals surface area contributed by atoms with Crippen molar-refractivity contribution in [3.63, 3.8) is 0 Å². The van der Waals surface area contributed by atoms with Crippen LogP contribution in [0.2, 0.25) is 5.02 Å². The van der Waals surface area contributed by atoms with Crippen LogP contribution in [-0.4, -0.2) is 64.9 Å². The Hall–Kier alpha value is -1.45. The van der Waals surface area contributed by atoms with Crippen LogP contribution in [0.25, 0.3) is 11.3 Å². The zero-order valence-corrected chi connectivity index (χ0v) is 18.9. The van der Waals surface area contributed by atoms with E-state index in [1.165, 1.54) is 36.5 Å². The zero-order chi connectivity index (χ0) is 21.3. The predicted molar refractivity (Wildman–Crippen MR) is 118 cm³/mol. The number of fused-ring (bicyclic) bond motifs is 1. The van der Waals surface area contributed by atoms with Crippen molar-refractivity contribution in [2.75, 3.05) is 32.4 Å². The quantitative estimate of drug-likeness (QED) is 0.698. The van der Waals surface area contributed by atoms with Gasteiger partial charge in [0.15, 0.2) is 0 Å². The lowest BCUT2D eigenvalue weighted by atomic mass is 10.0. The number of rotatable bonds is 7. The molecule has 0 saturated carbocycles. The molecule has 9 heteroatoms. The second kappa shape index (κ2) is 8.96. The molecule has 1 fully saturated rings. The average Bonchev–Trinajstić information content (AvgIpc) is 3.36. The Morgan fingerprint density at radius 3 is 2.63 bits per heavy atom. The Labute approximate surface area is 183 Å². The van der Waals surface area contributed by atoms with E-state index >= 15 is 0 Å². The Balaban J connectivity index is 1.65. The van der Waals surface area contributed by atoms with E-state index in [-0.39, 0.29) is 6.61 Å². The number of aromatic nitrogens is 2. The third-order valence-corrected chi connectivity index (χ3v) is 7.72. The first-order valence-electron chi connectivity index (χ1n) is 10.5. The number of benzene rings is 1. The molecule has 164 valence electrons. The number of aryl methyl sites for hydroxylation is 1. The van der Waals surface area contributed by atoms with Crippen LogP contribution in [0.5, 0.6) is 0 Å². The van der Waals surface area contributed by atoms with Crippen LogP contribution in [-0.2, 0) is 36.1 Å². The molecule has 30 heavy (non-hydrogen) atoms. The summed E-state index contributed by atoms with van der Waals surface area (Å²) in [7, 11) is -3.28. The van der Waals surface area contributed by atoms with Crippen molar-refractivity contribution in [2.24, 2.45) is 0 Å². The molecule has 0 amide bonds. The molecule has 1 N–H and O–H groups in total. The van der Waals surface area contributed by atoms with Crippen molar-refractivity contribution in [1.82, 2.24) is 19.0 Å². The second-order valence-electron chi connectivity index (χ2n) is 8.21. The molecular weight excluding hydrogens is 424 g/mol. The lowest BCUT2D eigenvalue weighted by molar-refractivity contribution is 0.282. The number of nitrogens with zero attached hydrogens (tertiary/aromatic N) is 4. The van der Waals surface area contributed by atoms with Crippen molar-refractivity contribution in [3.05, 3.63) is 40.0 Å². The molecule has 0 aliphatic carbocycles. The number of halogens is 1. The monoisotopic (exact) mass is 452 g/mol. The smallest absolute Gasteiger partial charge is 0.211 e. The molecule has 0 atom stereocenters. The minimum Gasteiger partial charge on any atom is -0.392 e. The van der Waals surface area contributed by atoms with E-state index in [1.807, 2.05) is 12.1 Å². The van der Waals surface area contributed by atoms with Crippen molar-refractivity contribution < 1.29 is 13.5 Å². The van der Waals surface area contributed by atoms with Gasteiger partial charge in [-0.15, -0.1) is 0 Å². The first-order valence-corrected chi connectivity index (χ1v) is 12.7. The number of hydrogen-bond donors (Lipinski definition) is 1. The Bertz CT molecular complexity index is 1020. The van der Waals surface area contributed by atoms with E-state index in [9.17, 15) is 13.5 Å². The highest BCUT2D eigenvalue weighted by Gasteiger charge is 2.29. The Morgan fingerprint density at radius 1 is 1.17 bits per heavy atom. The van der Waals surface area contributed by atoms with Crippen molar-refractivity contribution >= 4 is 21.6 Å². The molecule has 7 nitrogen and oxygen atoms in total. The number of likely N-dealkylation sites (tertiary alicyclic amines) is 1. The molecule has 1 saturated heterocycles. The maximum Gasteiger partial charge on any atom is 0.211 e. The van der Waals surface area contributed by atoms with Gasteiger partial charge in [-0.25, -0.2) is 8.42 Å². The van der Waals surface area contributed by atoms with Crippen molar-refractivity contribution in [2.45, 2.75) is 45.4 Å². The summed E-state index contributed by atoms with van der Waals surface area (Å²) in [5, 5.41) is 15.0. The van der Waals surface area contributed by atoms with Crippen LogP contribution in [0.4, 0.5) is 0 Å². The Kier molecular flexibility index (Phi) is 6.50. The molecule has 0 bridgehead atoms. The standard InChI is InChI=1S/C21H29ClN4O3S/c1-30(28,29)25-12-7-20-18(14-25)21(16-5-6-19(22)17(13-16)15-27)23-26(20)11-4-10-24-8-2-3-9-24/h5-6,13,27H,2-4,7-12,14-15H2,1H3. The number of sulfonamides is 1. The molecule has 1 aromatic heterocycles. The third-order valence-electron chi connectivity index (χ3n) is 6.10. The van der Waals surface area contributed by atoms with Gasteiger partial charge in [0.1, 0.15) is 0 Å². The molecule has 0 unspecified atom stereocenters. The van der Waals surface area contributed by atoms with Crippen LogP contribution < -0.4 is 0 Å². The van der Waals surface area contributed by atoms with Gasteiger partial charge in [0.2, 0.25) is 10.0 Å². The molecule has 1 aromatic carbocycles. The molecule has 0 radical (unpaired) electrons. The molecule has 3 heterocycles. The lowest BCUT2D eigenvalue weighted by Gasteiger charge is -2.26. The normalized spacial score (nSPS) is 18.1. The highest BCUT2D eigenvalue weighted by Crippen LogP contribution is 2.33. The van der Waals surface area contributed by atoms with Crippen molar-refractivity contribution in [3.8, 4) is 11.3 Å². The fraction of sp³-hybridized carbons (Fsp3) is 0.571. The lowest BCUT2D eigenvalue weighted by Crippen LogP contribution is -2.35. The highest BCUT2D eigenvalue weighted by molar-refractivity contribution is 7.88. The van der Waals surface area contributed by atoms with Crippen LogP contribution >= 0.6 is 11.6 Å². The summed E-state index contributed by atoms with van der Waals surface area (Å²) >= 11 is 6.17. The maximum atomic E-state index is 12.2. The second-order valence-corrected chi connectivity index (χ2v) is 10.6. The zero-order valence-electron chi connectivity index (χ0n) is 17.3. The van der Waals surface area contributed by atoms with E-state index < -0.39 is 10.0 Å². The van der Waals surface area contributed by atoms with Crippen LogP contribution in [0.15, 0.2) is 18.2 Å². The topological polar surface area (TPSA) is 78.7 Å². The van der Waals surface area contributed by atoms with Crippen LogP contribution in [0.3, 0.4) is 0 Å². The van der Waals surface area contributed by atoms with Crippen molar-refractivity contribution in [1.29, 1.82) is 0 Å². The molecule has 0 spiro atoms. The van der Waals surface area contributed by atoms with E-state index in [2.05, 4.69) is 9.58 Å². The number of aliphatic hydroxyl groups is 1. The third kappa shape index (κ3) is 4.57. The van der Waals surface area contributed by atoms with Gasteiger partial charge in [-0.2, -0.15) is 9.40 Å². The summed E-state index contributed by atoms with van der Waals surface area (Å²) in [5.74, 6) is 0. The van der Waals surface area contributed by atoms with Gasteiger partial charge in [-0.05, 0) is 56.6 Å². The van der Waals surface area contributed by atoms with Gasteiger partial charge in [0.25, 0.3) is 0 Å². The van der Waals surface area contributed by atoms with Crippen LogP contribution in [0.1, 0.15) is 36.1 Å².